The van der Waals surface area contributed by atoms with E-state index in [4.69, 9.17) is 4.74 Å². The van der Waals surface area contributed by atoms with Gasteiger partial charge in [0.05, 0.1) is 0 Å². The predicted molar refractivity (Wildman–Crippen MR) is 111 cm³/mol. The van der Waals surface area contributed by atoms with Gasteiger partial charge in [0, 0.05) is 12.3 Å². The van der Waals surface area contributed by atoms with Crippen LogP contribution in [0.5, 0.6) is 5.75 Å². The van der Waals surface area contributed by atoms with Crippen LogP contribution in [-0.2, 0) is 15.6 Å². The molecule has 1 aliphatic rings. The molecule has 144 valence electrons. The van der Waals surface area contributed by atoms with Crippen molar-refractivity contribution in [1.29, 1.82) is 0 Å². The van der Waals surface area contributed by atoms with Gasteiger partial charge in [0.15, 0.2) is 0 Å². The molecule has 0 atom stereocenters. The zero-order valence-electron chi connectivity index (χ0n) is 17.2. The molecule has 2 aromatic rings. The van der Waals surface area contributed by atoms with Crippen molar-refractivity contribution in [1.82, 2.24) is 0 Å². The first kappa shape index (κ1) is 19.7. The Morgan fingerprint density at radius 3 is 1.93 bits per heavy atom. The summed E-state index contributed by atoms with van der Waals surface area (Å²) in [6, 6.07) is 17.5. The lowest BCUT2D eigenvalue weighted by Gasteiger charge is -2.39. The van der Waals surface area contributed by atoms with Gasteiger partial charge in [-0.3, -0.25) is 4.79 Å². The zero-order chi connectivity index (χ0) is 19.5. The number of hydrogen-bond donors (Lipinski definition) is 0. The molecule has 0 aromatic heterocycles. The molecule has 2 heteroatoms. The minimum absolute atomic E-state index is 0.0713. The van der Waals surface area contributed by atoms with Crippen molar-refractivity contribution in [2.45, 2.75) is 77.0 Å². The molecule has 0 bridgehead atoms. The molecule has 2 nitrogen and oxygen atoms in total. The fourth-order valence-corrected chi connectivity index (χ4v) is 4.35. The quantitative estimate of drug-likeness (QED) is 0.444. The van der Waals surface area contributed by atoms with Crippen molar-refractivity contribution in [2.75, 3.05) is 0 Å². The molecule has 0 unspecified atom stereocenters. The highest BCUT2D eigenvalue weighted by Crippen LogP contribution is 2.45. The first-order valence-corrected chi connectivity index (χ1v) is 10.3. The molecule has 0 radical (unpaired) electrons. The number of rotatable bonds is 5. The van der Waals surface area contributed by atoms with Crippen LogP contribution in [0.15, 0.2) is 48.5 Å². The zero-order valence-corrected chi connectivity index (χ0v) is 17.2. The topological polar surface area (TPSA) is 26.3 Å². The van der Waals surface area contributed by atoms with Crippen molar-refractivity contribution in [3.63, 3.8) is 0 Å². The number of esters is 1. The van der Waals surface area contributed by atoms with Crippen molar-refractivity contribution in [2.24, 2.45) is 0 Å². The van der Waals surface area contributed by atoms with Gasteiger partial charge in [-0.05, 0) is 53.5 Å². The Kier molecular flexibility index (Phi) is 5.74. The van der Waals surface area contributed by atoms with Crippen LogP contribution >= 0.6 is 0 Å². The summed E-state index contributed by atoms with van der Waals surface area (Å²) in [5, 5.41) is 0. The van der Waals surface area contributed by atoms with E-state index in [-0.39, 0.29) is 16.8 Å². The molecule has 0 heterocycles. The Labute approximate surface area is 164 Å². The number of ether oxygens (including phenoxy) is 1. The summed E-state index contributed by atoms with van der Waals surface area (Å²) in [6.07, 6.45) is 7.32. The highest BCUT2D eigenvalue weighted by atomic mass is 16.5. The maximum atomic E-state index is 11.2. The van der Waals surface area contributed by atoms with E-state index < -0.39 is 0 Å². The van der Waals surface area contributed by atoms with Crippen LogP contribution in [0.4, 0.5) is 0 Å². The lowest BCUT2D eigenvalue weighted by atomic mass is 9.65. The minimum Gasteiger partial charge on any atom is -0.427 e. The molecule has 1 fully saturated rings. The summed E-state index contributed by atoms with van der Waals surface area (Å²) in [6.45, 7) is 8.31. The largest absolute Gasteiger partial charge is 0.427 e. The average molecular weight is 365 g/mol. The fraction of sp³-hybridized carbons (Fsp3) is 0.480. The monoisotopic (exact) mass is 364 g/mol. The second kappa shape index (κ2) is 7.88. The Morgan fingerprint density at radius 1 is 0.926 bits per heavy atom. The fourth-order valence-electron chi connectivity index (χ4n) is 4.35. The van der Waals surface area contributed by atoms with Crippen LogP contribution in [0.3, 0.4) is 0 Å². The van der Waals surface area contributed by atoms with E-state index in [0.29, 0.717) is 5.75 Å². The standard InChI is InChI=1S/C25H32O2/c1-5-24(3,4)20-9-11-21(12-10-20)25(17-7-6-8-18-25)22-13-15-23(16-14-22)27-19(2)26/h9-16H,5-8,17-18H2,1-4H3. The summed E-state index contributed by atoms with van der Waals surface area (Å²) >= 11 is 0. The number of carbonyl (C=O) groups excluding carboxylic acids is 1. The summed E-state index contributed by atoms with van der Waals surface area (Å²) < 4.78 is 5.22. The molecule has 3 rings (SSSR count). The van der Waals surface area contributed by atoms with E-state index >= 15 is 0 Å². The molecule has 0 spiro atoms. The van der Waals surface area contributed by atoms with Crippen LogP contribution in [0.2, 0.25) is 0 Å². The maximum absolute atomic E-state index is 11.2. The molecule has 0 aliphatic heterocycles. The molecular formula is C25H32O2. The lowest BCUT2D eigenvalue weighted by molar-refractivity contribution is -0.131. The van der Waals surface area contributed by atoms with E-state index in [1.54, 1.807) is 0 Å². The van der Waals surface area contributed by atoms with Crippen molar-refractivity contribution in [3.05, 3.63) is 65.2 Å². The average Bonchev–Trinajstić information content (AvgIpc) is 2.69. The summed E-state index contributed by atoms with van der Waals surface area (Å²) in [4.78, 5) is 11.2. The Balaban J connectivity index is 1.97. The highest BCUT2D eigenvalue weighted by Gasteiger charge is 2.36. The molecule has 0 amide bonds. The molecule has 2 aromatic carbocycles. The van der Waals surface area contributed by atoms with Crippen molar-refractivity contribution in [3.8, 4) is 5.75 Å². The number of carbonyl (C=O) groups is 1. The van der Waals surface area contributed by atoms with E-state index in [0.717, 1.165) is 6.42 Å². The Hall–Kier alpha value is -2.09. The Bertz CT molecular complexity index is 763. The molecule has 1 aliphatic carbocycles. The van der Waals surface area contributed by atoms with Gasteiger partial charge in [-0.2, -0.15) is 0 Å². The highest BCUT2D eigenvalue weighted by molar-refractivity contribution is 5.69. The van der Waals surface area contributed by atoms with Gasteiger partial charge in [-0.15, -0.1) is 0 Å². The number of benzene rings is 2. The first-order chi connectivity index (χ1) is 12.9. The minimum atomic E-state index is -0.274. The molecular weight excluding hydrogens is 332 g/mol. The second-order valence-corrected chi connectivity index (χ2v) is 8.58. The second-order valence-electron chi connectivity index (χ2n) is 8.58. The van der Waals surface area contributed by atoms with Gasteiger partial charge in [0.1, 0.15) is 5.75 Å². The third-order valence-corrected chi connectivity index (χ3v) is 6.48. The van der Waals surface area contributed by atoms with Crippen LogP contribution < -0.4 is 4.74 Å². The van der Waals surface area contributed by atoms with Crippen LogP contribution in [0.25, 0.3) is 0 Å². The van der Waals surface area contributed by atoms with Gasteiger partial charge in [0.25, 0.3) is 0 Å². The maximum Gasteiger partial charge on any atom is 0.308 e. The van der Waals surface area contributed by atoms with E-state index in [2.05, 4.69) is 57.2 Å². The predicted octanol–water partition coefficient (Wildman–Crippen LogP) is 6.55. The Morgan fingerprint density at radius 2 is 1.44 bits per heavy atom. The van der Waals surface area contributed by atoms with E-state index in [9.17, 15) is 4.79 Å². The SMILES string of the molecule is CCC(C)(C)c1ccc(C2(c3ccc(OC(C)=O)cc3)CCCCC2)cc1. The van der Waals surface area contributed by atoms with Gasteiger partial charge in [0.2, 0.25) is 0 Å². The molecule has 0 saturated heterocycles. The smallest absolute Gasteiger partial charge is 0.308 e. The normalized spacial score (nSPS) is 16.7. The lowest BCUT2D eigenvalue weighted by Crippen LogP contribution is -2.30. The third-order valence-electron chi connectivity index (χ3n) is 6.48. The summed E-state index contributed by atoms with van der Waals surface area (Å²) in [5.41, 5.74) is 4.44. The van der Waals surface area contributed by atoms with Gasteiger partial charge >= 0.3 is 5.97 Å². The molecule has 1 saturated carbocycles. The van der Waals surface area contributed by atoms with Crippen LogP contribution in [0, 0.1) is 0 Å². The van der Waals surface area contributed by atoms with E-state index in [1.165, 1.54) is 55.7 Å². The van der Waals surface area contributed by atoms with Crippen molar-refractivity contribution >= 4 is 5.97 Å². The summed E-state index contributed by atoms with van der Waals surface area (Å²) in [7, 11) is 0. The van der Waals surface area contributed by atoms with Crippen LogP contribution in [0.1, 0.15) is 82.9 Å². The third kappa shape index (κ3) is 4.10. The van der Waals surface area contributed by atoms with Gasteiger partial charge < -0.3 is 4.74 Å². The van der Waals surface area contributed by atoms with E-state index in [1.807, 2.05) is 12.1 Å². The van der Waals surface area contributed by atoms with Gasteiger partial charge in [-0.1, -0.05) is 76.4 Å². The molecule has 27 heavy (non-hydrogen) atoms. The van der Waals surface area contributed by atoms with Crippen LogP contribution in [-0.4, -0.2) is 5.97 Å². The molecule has 0 N–H and O–H groups in total. The van der Waals surface area contributed by atoms with Gasteiger partial charge in [-0.25, -0.2) is 0 Å². The number of hydrogen-bond acceptors (Lipinski definition) is 2. The van der Waals surface area contributed by atoms with Crippen molar-refractivity contribution < 1.29 is 9.53 Å². The summed E-state index contributed by atoms with van der Waals surface area (Å²) in [5.74, 6) is 0.349. The first-order valence-electron chi connectivity index (χ1n) is 10.3.